The molecule has 3 rings (SSSR count). The Morgan fingerprint density at radius 1 is 1.28 bits per heavy atom. The molecule has 2 aromatic carbocycles. The standard InChI is InChI=1S/C17H10ClF2IN2O2/c18-11-7-13(21)17(16-10(11)2-1-5-22-16)25-8-15(24)23-14-4-3-9(19)6-12(14)20/h1-7H,8H2,(H,23,24). The number of nitrogens with zero attached hydrogens (tertiary/aromatic N) is 1. The predicted molar refractivity (Wildman–Crippen MR) is 100.0 cm³/mol. The molecule has 1 amide bonds. The van der Waals surface area contributed by atoms with Crippen LogP contribution in [0.25, 0.3) is 10.9 Å². The Bertz CT molecular complexity index is 969. The molecule has 0 saturated heterocycles. The number of aromatic nitrogens is 1. The predicted octanol–water partition coefficient (Wildman–Crippen LogP) is 4.79. The van der Waals surface area contributed by atoms with Crippen LogP contribution >= 0.6 is 34.2 Å². The number of hydrogen-bond acceptors (Lipinski definition) is 3. The number of anilines is 1. The van der Waals surface area contributed by atoms with E-state index in [9.17, 15) is 13.6 Å². The Hall–Kier alpha value is -2.00. The van der Waals surface area contributed by atoms with Crippen molar-refractivity contribution in [1.29, 1.82) is 0 Å². The SMILES string of the molecule is O=C(COc1c(I)cc(Cl)c2cccnc12)Nc1ccc(F)cc1F. The molecular formula is C17H10ClF2IN2O2. The Kier molecular flexibility index (Phi) is 5.33. The van der Waals surface area contributed by atoms with E-state index >= 15 is 0 Å². The fourth-order valence-corrected chi connectivity index (χ4v) is 3.37. The highest BCUT2D eigenvalue weighted by atomic mass is 127. The minimum Gasteiger partial charge on any atom is -0.480 e. The maximum Gasteiger partial charge on any atom is 0.262 e. The molecule has 0 unspecified atom stereocenters. The molecule has 0 radical (unpaired) electrons. The molecule has 0 saturated carbocycles. The van der Waals surface area contributed by atoms with E-state index in [1.807, 2.05) is 22.6 Å². The smallest absolute Gasteiger partial charge is 0.262 e. The summed E-state index contributed by atoms with van der Waals surface area (Å²) in [5.74, 6) is -1.75. The second kappa shape index (κ2) is 7.49. The second-order valence-corrected chi connectivity index (χ2v) is 6.60. The maximum absolute atomic E-state index is 13.6. The van der Waals surface area contributed by atoms with Gasteiger partial charge in [0.25, 0.3) is 5.91 Å². The van der Waals surface area contributed by atoms with Gasteiger partial charge in [0.15, 0.2) is 12.4 Å². The maximum atomic E-state index is 13.6. The van der Waals surface area contributed by atoms with Crippen LogP contribution in [0.4, 0.5) is 14.5 Å². The van der Waals surface area contributed by atoms with Crippen molar-refractivity contribution >= 4 is 56.7 Å². The summed E-state index contributed by atoms with van der Waals surface area (Å²) in [5, 5.41) is 3.56. The third-order valence-corrected chi connectivity index (χ3v) is 4.42. The number of halogens is 4. The van der Waals surface area contributed by atoms with Gasteiger partial charge in [-0.2, -0.15) is 0 Å². The number of ether oxygens (including phenoxy) is 1. The van der Waals surface area contributed by atoms with E-state index in [-0.39, 0.29) is 12.3 Å². The van der Waals surface area contributed by atoms with Gasteiger partial charge in [0, 0.05) is 17.6 Å². The molecule has 0 atom stereocenters. The van der Waals surface area contributed by atoms with E-state index in [4.69, 9.17) is 16.3 Å². The molecule has 0 fully saturated rings. The van der Waals surface area contributed by atoms with Crippen LogP contribution in [0.1, 0.15) is 0 Å². The fraction of sp³-hybridized carbons (Fsp3) is 0.0588. The van der Waals surface area contributed by atoms with Gasteiger partial charge >= 0.3 is 0 Å². The van der Waals surface area contributed by atoms with Gasteiger partial charge in [0.05, 0.1) is 14.3 Å². The van der Waals surface area contributed by atoms with E-state index in [0.717, 1.165) is 12.1 Å². The third-order valence-electron chi connectivity index (χ3n) is 3.30. The first kappa shape index (κ1) is 17.8. The topological polar surface area (TPSA) is 51.2 Å². The zero-order valence-electron chi connectivity index (χ0n) is 12.5. The van der Waals surface area contributed by atoms with Gasteiger partial charge in [0.2, 0.25) is 0 Å². The number of carbonyl (C=O) groups is 1. The highest BCUT2D eigenvalue weighted by molar-refractivity contribution is 14.1. The van der Waals surface area contributed by atoms with Crippen molar-refractivity contribution in [3.05, 3.63) is 62.8 Å². The average molecular weight is 475 g/mol. The molecule has 0 aliphatic heterocycles. The molecule has 25 heavy (non-hydrogen) atoms. The summed E-state index contributed by atoms with van der Waals surface area (Å²) >= 11 is 8.21. The lowest BCUT2D eigenvalue weighted by molar-refractivity contribution is -0.118. The van der Waals surface area contributed by atoms with E-state index in [0.29, 0.717) is 31.3 Å². The summed E-state index contributed by atoms with van der Waals surface area (Å²) < 4.78 is 32.7. The molecule has 128 valence electrons. The van der Waals surface area contributed by atoms with Crippen LogP contribution in [-0.2, 0) is 4.79 Å². The molecule has 0 aliphatic carbocycles. The van der Waals surface area contributed by atoms with Crippen molar-refractivity contribution < 1.29 is 18.3 Å². The van der Waals surface area contributed by atoms with Crippen LogP contribution in [0.15, 0.2) is 42.6 Å². The van der Waals surface area contributed by atoms with Crippen molar-refractivity contribution in [3.8, 4) is 5.75 Å². The lowest BCUT2D eigenvalue weighted by atomic mass is 10.2. The quantitative estimate of drug-likeness (QED) is 0.553. The largest absolute Gasteiger partial charge is 0.480 e. The zero-order chi connectivity index (χ0) is 18.0. The summed E-state index contributed by atoms with van der Waals surface area (Å²) in [5.41, 5.74) is 0.406. The van der Waals surface area contributed by atoms with Crippen molar-refractivity contribution in [3.63, 3.8) is 0 Å². The van der Waals surface area contributed by atoms with Crippen molar-refractivity contribution in [2.45, 2.75) is 0 Å². The highest BCUT2D eigenvalue weighted by Gasteiger charge is 2.14. The lowest BCUT2D eigenvalue weighted by Gasteiger charge is -2.12. The van der Waals surface area contributed by atoms with Crippen LogP contribution in [0.3, 0.4) is 0 Å². The number of pyridine rings is 1. The average Bonchev–Trinajstić information content (AvgIpc) is 2.57. The first-order valence-corrected chi connectivity index (χ1v) is 8.52. The first-order chi connectivity index (χ1) is 12.0. The molecule has 0 bridgehead atoms. The monoisotopic (exact) mass is 474 g/mol. The minimum atomic E-state index is -0.860. The molecule has 1 heterocycles. The van der Waals surface area contributed by atoms with E-state index in [1.54, 1.807) is 24.4 Å². The Labute approximate surface area is 160 Å². The van der Waals surface area contributed by atoms with Gasteiger partial charge in [-0.05, 0) is 52.9 Å². The summed E-state index contributed by atoms with van der Waals surface area (Å²) in [6, 6.07) is 8.14. The first-order valence-electron chi connectivity index (χ1n) is 7.06. The van der Waals surface area contributed by atoms with Gasteiger partial charge in [-0.25, -0.2) is 8.78 Å². The van der Waals surface area contributed by atoms with Crippen LogP contribution in [-0.4, -0.2) is 17.5 Å². The van der Waals surface area contributed by atoms with Gasteiger partial charge in [0.1, 0.15) is 17.2 Å². The summed E-state index contributed by atoms with van der Waals surface area (Å²) in [4.78, 5) is 16.2. The van der Waals surface area contributed by atoms with E-state index in [2.05, 4.69) is 10.3 Å². The van der Waals surface area contributed by atoms with E-state index < -0.39 is 17.5 Å². The Morgan fingerprint density at radius 2 is 2.08 bits per heavy atom. The van der Waals surface area contributed by atoms with Crippen molar-refractivity contribution in [2.75, 3.05) is 11.9 Å². The minimum absolute atomic E-state index is 0.121. The number of nitrogens with one attached hydrogen (secondary N) is 1. The van der Waals surface area contributed by atoms with Crippen LogP contribution in [0.2, 0.25) is 5.02 Å². The summed E-state index contributed by atoms with van der Waals surface area (Å²) in [7, 11) is 0. The molecule has 8 heteroatoms. The lowest BCUT2D eigenvalue weighted by Crippen LogP contribution is -2.21. The molecule has 4 nitrogen and oxygen atoms in total. The number of hydrogen-bond donors (Lipinski definition) is 1. The number of benzene rings is 2. The Balaban J connectivity index is 1.77. The van der Waals surface area contributed by atoms with Gasteiger partial charge < -0.3 is 10.1 Å². The third kappa shape index (κ3) is 3.98. The van der Waals surface area contributed by atoms with Crippen molar-refractivity contribution in [2.24, 2.45) is 0 Å². The molecule has 0 spiro atoms. The molecule has 1 N–H and O–H groups in total. The molecule has 1 aromatic heterocycles. The van der Waals surface area contributed by atoms with Gasteiger partial charge in [-0.1, -0.05) is 11.6 Å². The number of amides is 1. The van der Waals surface area contributed by atoms with Crippen molar-refractivity contribution in [1.82, 2.24) is 4.98 Å². The zero-order valence-corrected chi connectivity index (χ0v) is 15.4. The molecule has 3 aromatic rings. The highest BCUT2D eigenvalue weighted by Crippen LogP contribution is 2.34. The van der Waals surface area contributed by atoms with Crippen LogP contribution < -0.4 is 10.1 Å². The second-order valence-electron chi connectivity index (χ2n) is 5.03. The normalized spacial score (nSPS) is 10.7. The van der Waals surface area contributed by atoms with E-state index in [1.165, 1.54) is 0 Å². The van der Waals surface area contributed by atoms with Crippen LogP contribution in [0.5, 0.6) is 5.75 Å². The van der Waals surface area contributed by atoms with Gasteiger partial charge in [-0.15, -0.1) is 0 Å². The summed E-state index contributed by atoms with van der Waals surface area (Å²) in [6.45, 7) is -0.361. The number of fused-ring (bicyclic) bond motifs is 1. The number of rotatable bonds is 4. The fourth-order valence-electron chi connectivity index (χ4n) is 2.20. The summed E-state index contributed by atoms with van der Waals surface area (Å²) in [6.07, 6.45) is 1.59. The number of carbonyl (C=O) groups excluding carboxylic acids is 1. The molecule has 0 aliphatic rings. The van der Waals surface area contributed by atoms with Gasteiger partial charge in [-0.3, -0.25) is 9.78 Å². The Morgan fingerprint density at radius 3 is 2.84 bits per heavy atom. The van der Waals surface area contributed by atoms with Crippen LogP contribution in [0, 0.1) is 15.2 Å². The molecular weight excluding hydrogens is 465 g/mol.